The third-order valence-electron chi connectivity index (χ3n) is 5.62. The van der Waals surface area contributed by atoms with Gasteiger partial charge in [0.2, 0.25) is 0 Å². The van der Waals surface area contributed by atoms with Gasteiger partial charge in [0.05, 0.1) is 4.90 Å². The number of hydrogen-bond donors (Lipinski definition) is 1. The van der Waals surface area contributed by atoms with Gasteiger partial charge in [-0.15, -0.1) is 0 Å². The predicted octanol–water partition coefficient (Wildman–Crippen LogP) is 2.08. The monoisotopic (exact) mass is 313 g/mol. The normalized spacial score (nSPS) is 30.7. The Kier molecular flexibility index (Phi) is 2.75. The molecule has 0 amide bonds. The fraction of sp³-hybridized carbons (Fsp3) is 0.471. The lowest BCUT2D eigenvalue weighted by atomic mass is 9.99. The van der Waals surface area contributed by atoms with E-state index in [0.717, 1.165) is 28.8 Å². The molecule has 0 radical (unpaired) electrons. The zero-order chi connectivity index (χ0) is 14.7. The van der Waals surface area contributed by atoms with Crippen LogP contribution in [0.15, 0.2) is 41.6 Å². The molecule has 3 fully saturated rings. The molecule has 22 heavy (non-hydrogen) atoms. The third-order valence-corrected chi connectivity index (χ3v) is 7.26. The molecule has 3 unspecified atom stereocenters. The van der Waals surface area contributed by atoms with E-state index in [1.807, 2.05) is 30.5 Å². The summed E-state index contributed by atoms with van der Waals surface area (Å²) >= 11 is 0. The van der Waals surface area contributed by atoms with Gasteiger partial charge in [0.15, 0.2) is 0 Å². The maximum Gasteiger partial charge on any atom is 0.128 e. The average Bonchev–Trinajstić information content (AvgIpc) is 3.11. The highest BCUT2D eigenvalue weighted by molar-refractivity contribution is 7.83. The molecule has 1 saturated carbocycles. The highest BCUT2D eigenvalue weighted by Gasteiger charge is 2.63. The molecule has 2 aliphatic heterocycles. The number of hydrogen-bond acceptors (Lipinski definition) is 3. The summed E-state index contributed by atoms with van der Waals surface area (Å²) in [4.78, 5) is 5.11. The van der Waals surface area contributed by atoms with Crippen LogP contribution in [0.3, 0.4) is 0 Å². The maximum atomic E-state index is 13.3. The van der Waals surface area contributed by atoms with Crippen molar-refractivity contribution in [1.82, 2.24) is 14.6 Å². The summed E-state index contributed by atoms with van der Waals surface area (Å²) < 4.78 is 15.6. The van der Waals surface area contributed by atoms with Gasteiger partial charge in [0.25, 0.3) is 0 Å². The van der Waals surface area contributed by atoms with Crippen LogP contribution in [0.2, 0.25) is 0 Å². The average molecular weight is 313 g/mol. The van der Waals surface area contributed by atoms with Crippen molar-refractivity contribution in [3.05, 3.63) is 36.7 Å². The van der Waals surface area contributed by atoms with E-state index in [4.69, 9.17) is 0 Å². The molecule has 1 aliphatic carbocycles. The molecular formula is C17H19N3OS. The molecule has 4 nitrogen and oxygen atoms in total. The fourth-order valence-electron chi connectivity index (χ4n) is 4.42. The first-order valence-electron chi connectivity index (χ1n) is 8.05. The summed E-state index contributed by atoms with van der Waals surface area (Å²) in [6.45, 7) is 2.09. The van der Waals surface area contributed by atoms with Gasteiger partial charge in [-0.2, -0.15) is 0 Å². The van der Waals surface area contributed by atoms with E-state index >= 15 is 0 Å². The predicted molar refractivity (Wildman–Crippen MR) is 86.7 cm³/mol. The summed E-state index contributed by atoms with van der Waals surface area (Å²) in [7, 11) is -1.08. The van der Waals surface area contributed by atoms with E-state index in [2.05, 4.69) is 14.6 Å². The van der Waals surface area contributed by atoms with Crippen LogP contribution in [0.4, 0.5) is 0 Å². The Hall–Kier alpha value is -1.30. The van der Waals surface area contributed by atoms with Gasteiger partial charge in [0.1, 0.15) is 11.0 Å². The van der Waals surface area contributed by atoms with Gasteiger partial charge in [-0.3, -0.25) is 4.98 Å². The molecule has 3 atom stereocenters. The summed E-state index contributed by atoms with van der Waals surface area (Å²) in [6.07, 6.45) is 7.22. The van der Waals surface area contributed by atoms with E-state index in [1.54, 1.807) is 6.20 Å². The van der Waals surface area contributed by atoms with Gasteiger partial charge < -0.3 is 5.32 Å². The molecule has 2 aromatic rings. The number of benzene rings is 1. The van der Waals surface area contributed by atoms with E-state index in [-0.39, 0.29) is 5.54 Å². The quantitative estimate of drug-likeness (QED) is 0.923. The summed E-state index contributed by atoms with van der Waals surface area (Å²) in [5.74, 6) is 0.670. The molecule has 0 bridgehead atoms. The van der Waals surface area contributed by atoms with Crippen LogP contribution in [-0.4, -0.2) is 38.2 Å². The van der Waals surface area contributed by atoms with Crippen LogP contribution in [0, 0.1) is 5.92 Å². The van der Waals surface area contributed by atoms with Crippen molar-refractivity contribution in [3.63, 3.8) is 0 Å². The first-order chi connectivity index (χ1) is 10.8. The minimum absolute atomic E-state index is 0.154. The SMILES string of the molecule is O=S(c1cccc2cnccc12)N1CC2CCNC2C12CC2. The van der Waals surface area contributed by atoms with Crippen molar-refractivity contribution in [2.24, 2.45) is 5.92 Å². The highest BCUT2D eigenvalue weighted by atomic mass is 32.2. The first kappa shape index (κ1) is 13.2. The number of aromatic nitrogens is 1. The summed E-state index contributed by atoms with van der Waals surface area (Å²) in [5.41, 5.74) is 0.154. The lowest BCUT2D eigenvalue weighted by Crippen LogP contribution is -2.44. The van der Waals surface area contributed by atoms with E-state index in [1.165, 1.54) is 19.3 Å². The number of nitrogens with zero attached hydrogens (tertiary/aromatic N) is 2. The second kappa shape index (κ2) is 4.60. The smallest absolute Gasteiger partial charge is 0.128 e. The number of pyridine rings is 1. The Balaban J connectivity index is 1.57. The molecule has 1 aromatic carbocycles. The second-order valence-corrected chi connectivity index (χ2v) is 8.13. The van der Waals surface area contributed by atoms with Gasteiger partial charge in [-0.25, -0.2) is 8.51 Å². The topological polar surface area (TPSA) is 45.2 Å². The van der Waals surface area contributed by atoms with Crippen LogP contribution in [0.1, 0.15) is 19.3 Å². The maximum absolute atomic E-state index is 13.3. The molecule has 114 valence electrons. The third kappa shape index (κ3) is 1.70. The summed E-state index contributed by atoms with van der Waals surface area (Å²) in [6, 6.07) is 8.57. The molecule has 3 aliphatic rings. The lowest BCUT2D eigenvalue weighted by molar-refractivity contribution is 0.350. The van der Waals surface area contributed by atoms with Crippen molar-refractivity contribution in [3.8, 4) is 0 Å². The molecular weight excluding hydrogens is 294 g/mol. The molecule has 1 aromatic heterocycles. The summed E-state index contributed by atoms with van der Waals surface area (Å²) in [5, 5.41) is 5.79. The minimum atomic E-state index is -1.08. The van der Waals surface area contributed by atoms with Crippen molar-refractivity contribution < 1.29 is 4.21 Å². The Labute approximate surface area is 132 Å². The van der Waals surface area contributed by atoms with E-state index in [0.29, 0.717) is 12.0 Å². The lowest BCUT2D eigenvalue weighted by Gasteiger charge is -2.27. The van der Waals surface area contributed by atoms with Gasteiger partial charge >= 0.3 is 0 Å². The molecule has 5 heteroatoms. The zero-order valence-corrected chi connectivity index (χ0v) is 13.2. The van der Waals surface area contributed by atoms with Crippen molar-refractivity contribution >= 4 is 21.8 Å². The van der Waals surface area contributed by atoms with Crippen LogP contribution in [0.25, 0.3) is 10.8 Å². The highest BCUT2D eigenvalue weighted by Crippen LogP contribution is 2.54. The van der Waals surface area contributed by atoms with Gasteiger partial charge in [-0.1, -0.05) is 12.1 Å². The number of rotatable bonds is 2. The largest absolute Gasteiger partial charge is 0.312 e. The number of nitrogens with one attached hydrogen (secondary N) is 1. The van der Waals surface area contributed by atoms with Crippen molar-refractivity contribution in [2.75, 3.05) is 13.1 Å². The molecule has 3 heterocycles. The Morgan fingerprint density at radius 1 is 1.32 bits per heavy atom. The number of fused-ring (bicyclic) bond motifs is 3. The van der Waals surface area contributed by atoms with E-state index < -0.39 is 11.0 Å². The fourth-order valence-corrected chi connectivity index (χ4v) is 6.18. The second-order valence-electron chi connectivity index (χ2n) is 6.75. The molecule has 2 saturated heterocycles. The van der Waals surface area contributed by atoms with Crippen LogP contribution < -0.4 is 5.32 Å². The van der Waals surface area contributed by atoms with Crippen LogP contribution in [0.5, 0.6) is 0 Å². The van der Waals surface area contributed by atoms with E-state index in [9.17, 15) is 4.21 Å². The Bertz CT molecular complexity index is 768. The van der Waals surface area contributed by atoms with Crippen LogP contribution >= 0.6 is 0 Å². The minimum Gasteiger partial charge on any atom is -0.312 e. The molecule has 1 N–H and O–H groups in total. The Morgan fingerprint density at radius 3 is 3.09 bits per heavy atom. The van der Waals surface area contributed by atoms with Crippen molar-refractivity contribution in [2.45, 2.75) is 35.7 Å². The Morgan fingerprint density at radius 2 is 2.23 bits per heavy atom. The molecule has 5 rings (SSSR count). The molecule has 1 spiro atoms. The van der Waals surface area contributed by atoms with Crippen molar-refractivity contribution in [1.29, 1.82) is 0 Å². The van der Waals surface area contributed by atoms with Crippen LogP contribution in [-0.2, 0) is 11.0 Å². The zero-order valence-electron chi connectivity index (χ0n) is 12.4. The standard InChI is InChI=1S/C17H19N3OS/c21-22(15-3-1-2-12-10-18-8-5-14(12)15)20-11-13-4-9-19-16(13)17(20)6-7-17/h1-3,5,8,10,13,16,19H,4,6-7,9,11H2. The first-order valence-corrected chi connectivity index (χ1v) is 9.16. The van der Waals surface area contributed by atoms with Gasteiger partial charge in [-0.05, 0) is 43.9 Å². The van der Waals surface area contributed by atoms with Gasteiger partial charge in [0, 0.05) is 41.3 Å².